The normalized spacial score (nSPS) is 30.8. The van der Waals surface area contributed by atoms with Crippen molar-refractivity contribution < 1.29 is 4.79 Å². The molecule has 0 radical (unpaired) electrons. The number of hydrogen-bond donors (Lipinski definition) is 1. The Morgan fingerprint density at radius 1 is 1.33 bits per heavy atom. The molecule has 2 heterocycles. The topological polar surface area (TPSA) is 35.6 Å². The van der Waals surface area contributed by atoms with Gasteiger partial charge in [-0.3, -0.25) is 10.1 Å². The Bertz CT molecular complexity index is 345. The summed E-state index contributed by atoms with van der Waals surface area (Å²) in [7, 11) is 0. The van der Waals surface area contributed by atoms with Crippen molar-refractivity contribution in [2.24, 2.45) is 5.92 Å². The van der Waals surface area contributed by atoms with Crippen LogP contribution in [0.4, 0.5) is 0 Å². The molecule has 0 aromatic carbocycles. The second kappa shape index (κ2) is 7.59. The summed E-state index contributed by atoms with van der Waals surface area (Å²) in [4.78, 5) is 17.3. The minimum absolute atomic E-state index is 0.0671. The van der Waals surface area contributed by atoms with Crippen molar-refractivity contribution in [2.45, 2.75) is 78.0 Å². The summed E-state index contributed by atoms with van der Waals surface area (Å²) < 4.78 is 0. The van der Waals surface area contributed by atoms with Crippen LogP contribution in [-0.2, 0) is 4.79 Å². The van der Waals surface area contributed by atoms with Gasteiger partial charge in [0.1, 0.15) is 0 Å². The van der Waals surface area contributed by atoms with Gasteiger partial charge in [0.15, 0.2) is 0 Å². The van der Waals surface area contributed by atoms with E-state index in [1.165, 1.54) is 13.0 Å². The van der Waals surface area contributed by atoms with Gasteiger partial charge in [0.05, 0.1) is 12.2 Å². The Hall–Kier alpha value is -0.610. The average Bonchev–Trinajstić information content (AvgIpc) is 3.04. The molecule has 0 bridgehead atoms. The third-order valence-corrected chi connectivity index (χ3v) is 5.09. The lowest BCUT2D eigenvalue weighted by Gasteiger charge is -2.27. The zero-order valence-corrected chi connectivity index (χ0v) is 14.3. The van der Waals surface area contributed by atoms with Crippen molar-refractivity contribution >= 4 is 5.91 Å². The minimum atomic E-state index is 0.0671. The van der Waals surface area contributed by atoms with Crippen LogP contribution < -0.4 is 5.32 Å². The maximum atomic E-state index is 12.6. The number of nitrogens with zero attached hydrogens (tertiary/aromatic N) is 2. The van der Waals surface area contributed by atoms with E-state index in [2.05, 4.69) is 42.8 Å². The van der Waals surface area contributed by atoms with Gasteiger partial charge in [0.2, 0.25) is 5.91 Å². The molecule has 4 nitrogen and oxygen atoms in total. The average molecular weight is 295 g/mol. The van der Waals surface area contributed by atoms with Gasteiger partial charge in [0, 0.05) is 19.1 Å². The van der Waals surface area contributed by atoms with E-state index >= 15 is 0 Å². The maximum Gasteiger partial charge on any atom is 0.241 e. The molecule has 0 aliphatic carbocycles. The summed E-state index contributed by atoms with van der Waals surface area (Å²) in [5.41, 5.74) is 0. The predicted octanol–water partition coefficient (Wildman–Crippen LogP) is 2.44. The van der Waals surface area contributed by atoms with Crippen molar-refractivity contribution in [3.05, 3.63) is 0 Å². The Labute approximate surface area is 130 Å². The minimum Gasteiger partial charge on any atom is -0.325 e. The molecule has 2 fully saturated rings. The van der Waals surface area contributed by atoms with E-state index in [9.17, 15) is 4.79 Å². The number of likely N-dealkylation sites (tertiary alicyclic amines) is 1. The van der Waals surface area contributed by atoms with Crippen LogP contribution in [0.2, 0.25) is 0 Å². The zero-order valence-electron chi connectivity index (χ0n) is 14.3. The van der Waals surface area contributed by atoms with Gasteiger partial charge in [-0.05, 0) is 45.6 Å². The van der Waals surface area contributed by atoms with Crippen LogP contribution in [0.25, 0.3) is 0 Å². The lowest BCUT2D eigenvalue weighted by molar-refractivity contribution is -0.130. The van der Waals surface area contributed by atoms with Crippen molar-refractivity contribution in [3.63, 3.8) is 0 Å². The first kappa shape index (κ1) is 16.8. The van der Waals surface area contributed by atoms with Crippen LogP contribution in [0.15, 0.2) is 0 Å². The Morgan fingerprint density at radius 2 is 2.10 bits per heavy atom. The molecule has 0 saturated carbocycles. The summed E-state index contributed by atoms with van der Waals surface area (Å²) in [6.07, 6.45) is 5.79. The number of carbonyl (C=O) groups excluding carboxylic acids is 1. The van der Waals surface area contributed by atoms with E-state index in [1.807, 2.05) is 0 Å². The van der Waals surface area contributed by atoms with Gasteiger partial charge < -0.3 is 9.80 Å². The van der Waals surface area contributed by atoms with Crippen molar-refractivity contribution in [1.29, 1.82) is 0 Å². The predicted molar refractivity (Wildman–Crippen MR) is 87.1 cm³/mol. The van der Waals surface area contributed by atoms with Crippen LogP contribution in [-0.4, -0.2) is 53.6 Å². The van der Waals surface area contributed by atoms with E-state index in [1.54, 1.807) is 0 Å². The third-order valence-electron chi connectivity index (χ3n) is 5.09. The van der Waals surface area contributed by atoms with Gasteiger partial charge >= 0.3 is 0 Å². The van der Waals surface area contributed by atoms with Gasteiger partial charge in [-0.1, -0.05) is 26.7 Å². The van der Waals surface area contributed by atoms with E-state index in [0.717, 1.165) is 38.8 Å². The third kappa shape index (κ3) is 3.98. The van der Waals surface area contributed by atoms with E-state index in [-0.39, 0.29) is 12.2 Å². The summed E-state index contributed by atoms with van der Waals surface area (Å²) in [6, 6.07) is 0.694. The van der Waals surface area contributed by atoms with Gasteiger partial charge in [0.25, 0.3) is 0 Å². The first-order valence-electron chi connectivity index (χ1n) is 8.87. The molecular formula is C17H33N3O. The molecule has 0 aromatic rings. The second-order valence-corrected chi connectivity index (χ2v) is 7.02. The molecule has 0 spiro atoms. The smallest absolute Gasteiger partial charge is 0.241 e. The van der Waals surface area contributed by atoms with E-state index in [0.29, 0.717) is 17.9 Å². The number of hydrogen-bond acceptors (Lipinski definition) is 3. The largest absolute Gasteiger partial charge is 0.325 e. The summed E-state index contributed by atoms with van der Waals surface area (Å²) in [5.74, 6) is 0.996. The quantitative estimate of drug-likeness (QED) is 0.783. The Morgan fingerprint density at radius 3 is 2.67 bits per heavy atom. The second-order valence-electron chi connectivity index (χ2n) is 7.02. The Balaban J connectivity index is 1.90. The first-order chi connectivity index (χ1) is 10.1. The molecule has 2 saturated heterocycles. The summed E-state index contributed by atoms with van der Waals surface area (Å²) in [5, 5.41) is 3.55. The highest BCUT2D eigenvalue weighted by atomic mass is 16.2. The molecule has 122 valence electrons. The summed E-state index contributed by atoms with van der Waals surface area (Å²) in [6.45, 7) is 12.2. The molecule has 1 N–H and O–H groups in total. The molecule has 2 aliphatic rings. The van der Waals surface area contributed by atoms with E-state index in [4.69, 9.17) is 0 Å². The van der Waals surface area contributed by atoms with Crippen LogP contribution in [0.5, 0.6) is 0 Å². The fourth-order valence-corrected chi connectivity index (χ4v) is 3.68. The van der Waals surface area contributed by atoms with Crippen molar-refractivity contribution in [2.75, 3.05) is 19.6 Å². The van der Waals surface area contributed by atoms with Crippen LogP contribution >= 0.6 is 0 Å². The molecular weight excluding hydrogens is 262 g/mol. The molecule has 1 amide bonds. The summed E-state index contributed by atoms with van der Waals surface area (Å²) >= 11 is 0. The van der Waals surface area contributed by atoms with Crippen LogP contribution in [0.3, 0.4) is 0 Å². The molecule has 0 aromatic heterocycles. The SMILES string of the molecule is CCCCC1NC(CC)N(CC2CCN(C(C)C)C2)C1=O. The number of nitrogens with one attached hydrogen (secondary N) is 1. The highest BCUT2D eigenvalue weighted by Gasteiger charge is 2.39. The van der Waals surface area contributed by atoms with Crippen molar-refractivity contribution in [3.8, 4) is 0 Å². The zero-order chi connectivity index (χ0) is 15.4. The molecule has 3 atom stereocenters. The first-order valence-corrected chi connectivity index (χ1v) is 8.87. The number of carbonyl (C=O) groups is 1. The maximum absolute atomic E-state index is 12.6. The van der Waals surface area contributed by atoms with Gasteiger partial charge in [-0.2, -0.15) is 0 Å². The molecule has 2 aliphatic heterocycles. The number of unbranched alkanes of at least 4 members (excludes halogenated alkanes) is 1. The fraction of sp³-hybridized carbons (Fsp3) is 0.941. The lowest BCUT2D eigenvalue weighted by Crippen LogP contribution is -2.40. The fourth-order valence-electron chi connectivity index (χ4n) is 3.68. The van der Waals surface area contributed by atoms with Crippen LogP contribution in [0.1, 0.15) is 59.8 Å². The number of rotatable bonds is 7. The van der Waals surface area contributed by atoms with Gasteiger partial charge in [-0.15, -0.1) is 0 Å². The van der Waals surface area contributed by atoms with Gasteiger partial charge in [-0.25, -0.2) is 0 Å². The molecule has 3 unspecified atom stereocenters. The number of amides is 1. The Kier molecular flexibility index (Phi) is 6.06. The lowest BCUT2D eigenvalue weighted by atomic mass is 10.1. The van der Waals surface area contributed by atoms with Crippen LogP contribution in [0, 0.1) is 5.92 Å². The molecule has 2 rings (SSSR count). The highest BCUT2D eigenvalue weighted by molar-refractivity contribution is 5.84. The van der Waals surface area contributed by atoms with Crippen molar-refractivity contribution in [1.82, 2.24) is 15.1 Å². The van der Waals surface area contributed by atoms with E-state index < -0.39 is 0 Å². The molecule has 21 heavy (non-hydrogen) atoms. The highest BCUT2D eigenvalue weighted by Crippen LogP contribution is 2.24. The molecule has 4 heteroatoms. The standard InChI is InChI=1S/C17H33N3O/c1-5-7-8-15-17(21)20(16(6-2)18-15)12-14-9-10-19(11-14)13(3)4/h13-16,18H,5-12H2,1-4H3. The monoisotopic (exact) mass is 295 g/mol.